The minimum Gasteiger partial charge on any atom is -0.383 e. The van der Waals surface area contributed by atoms with Gasteiger partial charge in [-0.2, -0.15) is 9.61 Å². The van der Waals surface area contributed by atoms with Crippen LogP contribution < -0.4 is 4.90 Å². The monoisotopic (exact) mass is 308 g/mol. The quantitative estimate of drug-likeness (QED) is 0.807. The molecule has 23 heavy (non-hydrogen) atoms. The van der Waals surface area contributed by atoms with Crippen molar-refractivity contribution in [3.8, 4) is 0 Å². The molecule has 4 rings (SSSR count). The van der Waals surface area contributed by atoms with E-state index in [1.807, 2.05) is 40.9 Å². The van der Waals surface area contributed by atoms with Gasteiger partial charge in [0, 0.05) is 24.4 Å². The minimum absolute atomic E-state index is 0.569. The molecule has 0 bridgehead atoms. The molecule has 0 spiro atoms. The van der Waals surface area contributed by atoms with Crippen LogP contribution in [0.3, 0.4) is 0 Å². The molecule has 1 fully saturated rings. The molecule has 118 valence electrons. The maximum absolute atomic E-state index is 11.1. The zero-order valence-corrected chi connectivity index (χ0v) is 13.2. The normalized spacial score (nSPS) is 21.2. The van der Waals surface area contributed by atoms with Crippen LogP contribution in [-0.2, 0) is 12.0 Å². The van der Waals surface area contributed by atoms with Gasteiger partial charge < -0.3 is 10.0 Å². The molecule has 1 saturated heterocycles. The number of hydrogen-bond acceptors (Lipinski definition) is 4. The van der Waals surface area contributed by atoms with Crippen LogP contribution in [0.25, 0.3) is 5.65 Å². The lowest BCUT2D eigenvalue weighted by molar-refractivity contribution is 0.0606. The van der Waals surface area contributed by atoms with E-state index in [9.17, 15) is 5.11 Å². The van der Waals surface area contributed by atoms with Crippen LogP contribution in [0.4, 0.5) is 5.82 Å². The van der Waals surface area contributed by atoms with Crippen molar-refractivity contribution in [1.82, 2.24) is 14.6 Å². The average molecular weight is 308 g/mol. The van der Waals surface area contributed by atoms with Gasteiger partial charge in [-0.3, -0.25) is 0 Å². The maximum Gasteiger partial charge on any atom is 0.157 e. The summed E-state index contributed by atoms with van der Waals surface area (Å²) in [6, 6.07) is 13.9. The molecule has 1 aromatic carbocycles. The number of aryl methyl sites for hydroxylation is 1. The number of nitrogens with zero attached hydrogens (tertiary/aromatic N) is 4. The summed E-state index contributed by atoms with van der Waals surface area (Å²) in [7, 11) is 0. The van der Waals surface area contributed by atoms with Gasteiger partial charge in [-0.1, -0.05) is 37.3 Å². The first-order valence-corrected chi connectivity index (χ1v) is 8.06. The number of aromatic nitrogens is 3. The molecule has 5 heteroatoms. The van der Waals surface area contributed by atoms with E-state index in [1.54, 1.807) is 6.20 Å². The first-order chi connectivity index (χ1) is 11.2. The molecule has 1 aliphatic rings. The maximum atomic E-state index is 11.1. The van der Waals surface area contributed by atoms with Crippen molar-refractivity contribution >= 4 is 11.5 Å². The van der Waals surface area contributed by atoms with Gasteiger partial charge in [-0.25, -0.2) is 4.98 Å². The van der Waals surface area contributed by atoms with E-state index >= 15 is 0 Å². The van der Waals surface area contributed by atoms with Crippen LogP contribution in [-0.4, -0.2) is 32.8 Å². The number of fused-ring (bicyclic) bond motifs is 1. The topological polar surface area (TPSA) is 53.7 Å². The Bertz CT molecular complexity index is 829. The second kappa shape index (κ2) is 5.35. The Hall–Kier alpha value is -2.40. The first kappa shape index (κ1) is 14.2. The smallest absolute Gasteiger partial charge is 0.157 e. The van der Waals surface area contributed by atoms with Crippen molar-refractivity contribution < 1.29 is 5.11 Å². The molecule has 5 nitrogen and oxygen atoms in total. The second-order valence-corrected chi connectivity index (χ2v) is 6.13. The van der Waals surface area contributed by atoms with Gasteiger partial charge in [-0.05, 0) is 18.4 Å². The van der Waals surface area contributed by atoms with Gasteiger partial charge in [0.05, 0.1) is 12.7 Å². The van der Waals surface area contributed by atoms with E-state index in [1.165, 1.54) is 0 Å². The highest BCUT2D eigenvalue weighted by Gasteiger charge is 2.38. The Morgan fingerprint density at radius 3 is 2.83 bits per heavy atom. The standard InChI is InChI=1S/C18H20N4O/c1-2-15-12-17(22-16(20-15)8-10-19-22)21-11-9-18(23,13-21)14-6-4-3-5-7-14/h3-8,10,12,23H,2,9,11,13H2,1H3/t18-/m0/s1. The second-order valence-electron chi connectivity index (χ2n) is 6.13. The van der Waals surface area contributed by atoms with E-state index in [0.717, 1.165) is 35.7 Å². The highest BCUT2D eigenvalue weighted by atomic mass is 16.3. The minimum atomic E-state index is -0.809. The van der Waals surface area contributed by atoms with Crippen molar-refractivity contribution in [3.63, 3.8) is 0 Å². The van der Waals surface area contributed by atoms with Crippen molar-refractivity contribution in [1.29, 1.82) is 0 Å². The largest absolute Gasteiger partial charge is 0.383 e. The SMILES string of the molecule is CCc1cc(N2CC[C@@](O)(c3ccccc3)C2)n2nccc2n1. The third-order valence-corrected chi connectivity index (χ3v) is 4.64. The highest BCUT2D eigenvalue weighted by molar-refractivity contribution is 5.52. The van der Waals surface area contributed by atoms with Gasteiger partial charge >= 0.3 is 0 Å². The molecule has 1 atom stereocenters. The highest BCUT2D eigenvalue weighted by Crippen LogP contribution is 2.34. The molecule has 0 unspecified atom stereocenters. The fourth-order valence-electron chi connectivity index (χ4n) is 3.33. The number of aliphatic hydroxyl groups is 1. The summed E-state index contributed by atoms with van der Waals surface area (Å²) in [5.74, 6) is 1.00. The van der Waals surface area contributed by atoms with Crippen LogP contribution in [0.2, 0.25) is 0 Å². The fraction of sp³-hybridized carbons (Fsp3) is 0.333. The van der Waals surface area contributed by atoms with Crippen LogP contribution >= 0.6 is 0 Å². The third kappa shape index (κ3) is 2.37. The molecule has 0 amide bonds. The van der Waals surface area contributed by atoms with Crippen LogP contribution in [0.5, 0.6) is 0 Å². The van der Waals surface area contributed by atoms with Crippen molar-refractivity contribution in [2.75, 3.05) is 18.0 Å². The summed E-state index contributed by atoms with van der Waals surface area (Å²) in [4.78, 5) is 6.79. The van der Waals surface area contributed by atoms with Gasteiger partial charge in [-0.15, -0.1) is 0 Å². The predicted molar refractivity (Wildman–Crippen MR) is 89.5 cm³/mol. The number of rotatable bonds is 3. The van der Waals surface area contributed by atoms with Crippen molar-refractivity contribution in [3.05, 3.63) is 59.9 Å². The van der Waals surface area contributed by atoms with Crippen molar-refractivity contribution in [2.24, 2.45) is 0 Å². The lowest BCUT2D eigenvalue weighted by Gasteiger charge is -2.25. The Kier molecular flexibility index (Phi) is 3.31. The Morgan fingerprint density at radius 1 is 1.22 bits per heavy atom. The van der Waals surface area contributed by atoms with E-state index in [0.29, 0.717) is 13.0 Å². The van der Waals surface area contributed by atoms with Crippen LogP contribution in [0, 0.1) is 0 Å². The molecule has 2 aromatic heterocycles. The molecule has 3 heterocycles. The fourth-order valence-corrected chi connectivity index (χ4v) is 3.33. The average Bonchev–Trinajstić information content (AvgIpc) is 3.22. The Balaban J connectivity index is 1.72. The summed E-state index contributed by atoms with van der Waals surface area (Å²) < 4.78 is 1.86. The number of hydrogen-bond donors (Lipinski definition) is 1. The third-order valence-electron chi connectivity index (χ3n) is 4.64. The van der Waals surface area contributed by atoms with Gasteiger partial charge in [0.15, 0.2) is 5.65 Å². The zero-order chi connectivity index (χ0) is 15.9. The Morgan fingerprint density at radius 2 is 2.04 bits per heavy atom. The summed E-state index contributed by atoms with van der Waals surface area (Å²) >= 11 is 0. The van der Waals surface area contributed by atoms with Crippen molar-refractivity contribution in [2.45, 2.75) is 25.4 Å². The van der Waals surface area contributed by atoms with E-state index in [2.05, 4.69) is 28.0 Å². The molecular weight excluding hydrogens is 288 g/mol. The number of benzene rings is 1. The lowest BCUT2D eigenvalue weighted by Crippen LogP contribution is -2.31. The molecule has 0 radical (unpaired) electrons. The molecule has 3 aromatic rings. The first-order valence-electron chi connectivity index (χ1n) is 8.06. The summed E-state index contributed by atoms with van der Waals surface area (Å²) in [5.41, 5.74) is 2.07. The molecule has 1 N–H and O–H groups in total. The molecule has 0 saturated carbocycles. The summed E-state index contributed by atoms with van der Waals surface area (Å²) in [6.07, 6.45) is 3.36. The van der Waals surface area contributed by atoms with E-state index in [-0.39, 0.29) is 0 Å². The predicted octanol–water partition coefficient (Wildman–Crippen LogP) is 2.39. The van der Waals surface area contributed by atoms with Gasteiger partial charge in [0.1, 0.15) is 11.4 Å². The van der Waals surface area contributed by atoms with Gasteiger partial charge in [0.25, 0.3) is 0 Å². The van der Waals surface area contributed by atoms with E-state index < -0.39 is 5.60 Å². The number of β-amino-alcohol motifs (C(OH)–C–C–N with tert-alkyl or cyclic N) is 1. The summed E-state index contributed by atoms with van der Waals surface area (Å²) in [5, 5.41) is 15.4. The zero-order valence-electron chi connectivity index (χ0n) is 13.2. The van der Waals surface area contributed by atoms with Crippen LogP contribution in [0.15, 0.2) is 48.7 Å². The molecular formula is C18H20N4O. The lowest BCUT2D eigenvalue weighted by atomic mass is 9.93. The number of anilines is 1. The Labute approximate surface area is 135 Å². The molecule has 1 aliphatic heterocycles. The van der Waals surface area contributed by atoms with Crippen LogP contribution in [0.1, 0.15) is 24.6 Å². The summed E-state index contributed by atoms with van der Waals surface area (Å²) in [6.45, 7) is 3.47. The van der Waals surface area contributed by atoms with E-state index in [4.69, 9.17) is 0 Å². The van der Waals surface area contributed by atoms with Gasteiger partial charge in [0.2, 0.25) is 0 Å². The molecule has 0 aliphatic carbocycles.